The SMILES string of the molecule is COC(=O)C1COC(c2cc(C)c(OC)c(OC)c2)=N1. The summed E-state index contributed by atoms with van der Waals surface area (Å²) in [4.78, 5) is 15.7. The van der Waals surface area contributed by atoms with E-state index in [9.17, 15) is 4.79 Å². The largest absolute Gasteiger partial charge is 0.493 e. The quantitative estimate of drug-likeness (QED) is 0.778. The van der Waals surface area contributed by atoms with Crippen molar-refractivity contribution in [3.63, 3.8) is 0 Å². The van der Waals surface area contributed by atoms with Gasteiger partial charge in [-0.15, -0.1) is 0 Å². The van der Waals surface area contributed by atoms with Crippen LogP contribution in [0.25, 0.3) is 0 Å². The number of esters is 1. The van der Waals surface area contributed by atoms with Crippen LogP contribution >= 0.6 is 0 Å². The Kier molecular flexibility index (Phi) is 4.12. The second-order valence-corrected chi connectivity index (χ2v) is 4.31. The maximum absolute atomic E-state index is 11.4. The van der Waals surface area contributed by atoms with Crippen LogP contribution in [0, 0.1) is 6.92 Å². The Morgan fingerprint density at radius 1 is 1.30 bits per heavy atom. The molecule has 0 saturated carbocycles. The Hall–Kier alpha value is -2.24. The summed E-state index contributed by atoms with van der Waals surface area (Å²) < 4.78 is 20.7. The standard InChI is InChI=1S/C14H17NO5/c1-8-5-9(6-11(17-2)12(8)18-3)13-15-10(7-20-13)14(16)19-4/h5-6,10H,7H2,1-4H3. The van der Waals surface area contributed by atoms with Gasteiger partial charge in [0.1, 0.15) is 6.61 Å². The zero-order valence-electron chi connectivity index (χ0n) is 11.9. The van der Waals surface area contributed by atoms with Gasteiger partial charge in [-0.2, -0.15) is 0 Å². The number of rotatable bonds is 4. The van der Waals surface area contributed by atoms with Crippen molar-refractivity contribution in [1.29, 1.82) is 0 Å². The third-order valence-corrected chi connectivity index (χ3v) is 3.04. The first-order valence-corrected chi connectivity index (χ1v) is 6.12. The molecule has 1 aliphatic heterocycles. The minimum atomic E-state index is -0.608. The molecule has 0 fully saturated rings. The second kappa shape index (κ2) is 5.81. The molecule has 2 rings (SSSR count). The van der Waals surface area contributed by atoms with Gasteiger partial charge in [-0.3, -0.25) is 0 Å². The molecule has 0 spiro atoms. The minimum Gasteiger partial charge on any atom is -0.493 e. The second-order valence-electron chi connectivity index (χ2n) is 4.31. The van der Waals surface area contributed by atoms with Crippen molar-refractivity contribution < 1.29 is 23.7 Å². The molecule has 1 unspecified atom stereocenters. The number of aryl methyl sites for hydroxylation is 1. The van der Waals surface area contributed by atoms with Crippen LogP contribution in [0.5, 0.6) is 11.5 Å². The van der Waals surface area contributed by atoms with Gasteiger partial charge in [0.25, 0.3) is 0 Å². The maximum atomic E-state index is 11.4. The number of benzene rings is 1. The molecule has 1 heterocycles. The lowest BCUT2D eigenvalue weighted by molar-refractivity contribution is -0.142. The van der Waals surface area contributed by atoms with Gasteiger partial charge in [-0.25, -0.2) is 9.79 Å². The van der Waals surface area contributed by atoms with Crippen LogP contribution < -0.4 is 9.47 Å². The fraction of sp³-hybridized carbons (Fsp3) is 0.429. The summed E-state index contributed by atoms with van der Waals surface area (Å²) in [5.41, 5.74) is 1.64. The Morgan fingerprint density at radius 3 is 2.65 bits per heavy atom. The molecule has 1 aromatic rings. The summed E-state index contributed by atoms with van der Waals surface area (Å²) in [7, 11) is 4.48. The number of hydrogen-bond donors (Lipinski definition) is 0. The fourth-order valence-electron chi connectivity index (χ4n) is 2.07. The molecule has 0 bridgehead atoms. The molecule has 108 valence electrons. The highest BCUT2D eigenvalue weighted by molar-refractivity contribution is 5.98. The zero-order valence-corrected chi connectivity index (χ0v) is 11.9. The van der Waals surface area contributed by atoms with Gasteiger partial charge >= 0.3 is 5.97 Å². The van der Waals surface area contributed by atoms with Crippen molar-refractivity contribution in [2.75, 3.05) is 27.9 Å². The topological polar surface area (TPSA) is 66.4 Å². The van der Waals surface area contributed by atoms with E-state index >= 15 is 0 Å². The summed E-state index contributed by atoms with van der Waals surface area (Å²) in [5, 5.41) is 0. The number of carbonyl (C=O) groups excluding carboxylic acids is 1. The molecule has 0 N–H and O–H groups in total. The normalized spacial score (nSPS) is 17.2. The van der Waals surface area contributed by atoms with Crippen molar-refractivity contribution in [3.05, 3.63) is 23.3 Å². The molecule has 0 radical (unpaired) electrons. The molecule has 0 saturated heterocycles. The molecular weight excluding hydrogens is 262 g/mol. The number of hydrogen-bond acceptors (Lipinski definition) is 6. The summed E-state index contributed by atoms with van der Waals surface area (Å²) in [6.45, 7) is 2.09. The van der Waals surface area contributed by atoms with Crippen LogP contribution in [0.1, 0.15) is 11.1 Å². The van der Waals surface area contributed by atoms with Crippen LogP contribution in [0.15, 0.2) is 17.1 Å². The summed E-state index contributed by atoms with van der Waals surface area (Å²) in [6, 6.07) is 3.04. The number of methoxy groups -OCH3 is 3. The van der Waals surface area contributed by atoms with Crippen molar-refractivity contribution in [2.24, 2.45) is 4.99 Å². The van der Waals surface area contributed by atoms with Gasteiger partial charge in [-0.05, 0) is 24.6 Å². The summed E-state index contributed by atoms with van der Waals surface area (Å²) in [5.74, 6) is 1.26. The Balaban J connectivity index is 2.35. The van der Waals surface area contributed by atoms with Crippen LogP contribution in [-0.4, -0.2) is 45.8 Å². The first-order valence-electron chi connectivity index (χ1n) is 6.12. The number of carbonyl (C=O) groups is 1. The van der Waals surface area contributed by atoms with Crippen molar-refractivity contribution >= 4 is 11.9 Å². The van der Waals surface area contributed by atoms with E-state index in [0.717, 1.165) is 11.1 Å². The van der Waals surface area contributed by atoms with Gasteiger partial charge in [0, 0.05) is 5.56 Å². The number of ether oxygens (including phenoxy) is 4. The van der Waals surface area contributed by atoms with Crippen molar-refractivity contribution in [1.82, 2.24) is 0 Å². The number of nitrogens with zero attached hydrogens (tertiary/aromatic N) is 1. The van der Waals surface area contributed by atoms with Gasteiger partial charge in [0.05, 0.1) is 21.3 Å². The van der Waals surface area contributed by atoms with E-state index in [4.69, 9.17) is 14.2 Å². The molecule has 1 aliphatic rings. The Bertz CT molecular complexity index is 553. The smallest absolute Gasteiger partial charge is 0.334 e. The van der Waals surface area contributed by atoms with Gasteiger partial charge < -0.3 is 18.9 Å². The van der Waals surface area contributed by atoms with Crippen molar-refractivity contribution in [3.8, 4) is 11.5 Å². The van der Waals surface area contributed by atoms with E-state index < -0.39 is 12.0 Å². The molecule has 20 heavy (non-hydrogen) atoms. The summed E-state index contributed by atoms with van der Waals surface area (Å²) >= 11 is 0. The molecule has 1 atom stereocenters. The third kappa shape index (κ3) is 2.54. The van der Waals surface area contributed by atoms with Crippen LogP contribution in [-0.2, 0) is 14.3 Å². The third-order valence-electron chi connectivity index (χ3n) is 3.04. The minimum absolute atomic E-state index is 0.190. The predicted octanol–water partition coefficient (Wildman–Crippen LogP) is 1.33. The lowest BCUT2D eigenvalue weighted by Gasteiger charge is -2.12. The van der Waals surface area contributed by atoms with Gasteiger partial charge in [0.2, 0.25) is 5.90 Å². The van der Waals surface area contributed by atoms with Gasteiger partial charge in [-0.1, -0.05) is 0 Å². The van der Waals surface area contributed by atoms with Gasteiger partial charge in [0.15, 0.2) is 17.5 Å². The van der Waals surface area contributed by atoms with E-state index in [1.54, 1.807) is 20.3 Å². The zero-order chi connectivity index (χ0) is 14.7. The van der Waals surface area contributed by atoms with Crippen LogP contribution in [0.2, 0.25) is 0 Å². The first kappa shape index (κ1) is 14.2. The highest BCUT2D eigenvalue weighted by Crippen LogP contribution is 2.32. The van der Waals surface area contributed by atoms with E-state index in [-0.39, 0.29) is 6.61 Å². The molecule has 0 aliphatic carbocycles. The van der Waals surface area contributed by atoms with E-state index in [1.165, 1.54) is 7.11 Å². The highest BCUT2D eigenvalue weighted by Gasteiger charge is 2.28. The lowest BCUT2D eigenvalue weighted by atomic mass is 10.1. The molecule has 6 heteroatoms. The fourth-order valence-corrected chi connectivity index (χ4v) is 2.07. The monoisotopic (exact) mass is 279 g/mol. The molecular formula is C14H17NO5. The van der Waals surface area contributed by atoms with E-state index in [0.29, 0.717) is 17.4 Å². The Morgan fingerprint density at radius 2 is 2.05 bits per heavy atom. The highest BCUT2D eigenvalue weighted by atomic mass is 16.5. The first-order chi connectivity index (χ1) is 9.60. The lowest BCUT2D eigenvalue weighted by Crippen LogP contribution is -2.21. The average Bonchev–Trinajstić information content (AvgIpc) is 2.95. The molecule has 0 aromatic heterocycles. The Labute approximate surface area is 117 Å². The molecule has 6 nitrogen and oxygen atoms in total. The summed E-state index contributed by atoms with van der Waals surface area (Å²) in [6.07, 6.45) is 0. The van der Waals surface area contributed by atoms with E-state index in [1.807, 2.05) is 13.0 Å². The van der Waals surface area contributed by atoms with Crippen LogP contribution in [0.4, 0.5) is 0 Å². The van der Waals surface area contributed by atoms with E-state index in [2.05, 4.69) is 9.73 Å². The molecule has 0 amide bonds. The number of aliphatic imine (C=N–C) groups is 1. The van der Waals surface area contributed by atoms with Crippen molar-refractivity contribution in [2.45, 2.75) is 13.0 Å². The predicted molar refractivity (Wildman–Crippen MR) is 72.6 cm³/mol. The maximum Gasteiger partial charge on any atom is 0.334 e. The average molecular weight is 279 g/mol. The van der Waals surface area contributed by atoms with Crippen LogP contribution in [0.3, 0.4) is 0 Å². The molecule has 1 aromatic carbocycles.